The number of hydrogen-bond donors (Lipinski definition) is 17. The first-order chi connectivity index (χ1) is 45.5. The van der Waals surface area contributed by atoms with Crippen molar-refractivity contribution in [2.75, 3.05) is 26.2 Å². The van der Waals surface area contributed by atoms with E-state index in [0.29, 0.717) is 50.6 Å². The van der Waals surface area contributed by atoms with Gasteiger partial charge in [0, 0.05) is 91.3 Å². The first-order valence-electron chi connectivity index (χ1n) is 31.3. The number of benzene rings is 3. The third-order valence-corrected chi connectivity index (χ3v) is 16.4. The maximum Gasteiger partial charge on any atom is 0.245 e. The number of aromatic amines is 3. The summed E-state index contributed by atoms with van der Waals surface area (Å²) in [6.45, 7) is 2.33. The van der Waals surface area contributed by atoms with E-state index in [1.165, 1.54) is 41.7 Å². The van der Waals surface area contributed by atoms with Crippen molar-refractivity contribution >= 4 is 92.7 Å². The number of nitrogens with one attached hydrogen (secondary N) is 12. The molecule has 2 saturated heterocycles. The lowest BCUT2D eigenvalue weighted by Gasteiger charge is -2.30. The Bertz CT molecular complexity index is 3750. The fraction of sp³-hybridized carbons (Fsp3) is 0.422. The van der Waals surface area contributed by atoms with Crippen LogP contribution in [0.4, 0.5) is 0 Å². The van der Waals surface area contributed by atoms with Crippen LogP contribution in [0.15, 0.2) is 103 Å². The van der Waals surface area contributed by atoms with Crippen LogP contribution in [-0.2, 0) is 78.4 Å². The first kappa shape index (κ1) is 70.0. The van der Waals surface area contributed by atoms with Crippen molar-refractivity contribution in [1.29, 1.82) is 0 Å². The minimum absolute atomic E-state index is 0.00905. The number of aromatic nitrogens is 4. The summed E-state index contributed by atoms with van der Waals surface area (Å²) in [6, 6.07) is 7.78. The summed E-state index contributed by atoms with van der Waals surface area (Å²) in [5.74, 6) is -9.04. The molecule has 0 radical (unpaired) electrons. The Balaban J connectivity index is 1.05. The number of amides is 11. The summed E-state index contributed by atoms with van der Waals surface area (Å²) in [5.41, 5.74) is 19.8. The summed E-state index contributed by atoms with van der Waals surface area (Å²) < 4.78 is 0. The molecule has 2 aliphatic heterocycles. The van der Waals surface area contributed by atoms with Gasteiger partial charge in [0.15, 0.2) is 5.96 Å². The minimum atomic E-state index is -1.80. The van der Waals surface area contributed by atoms with Crippen molar-refractivity contribution in [3.8, 4) is 5.75 Å². The molecule has 8 rings (SSSR count). The van der Waals surface area contributed by atoms with Gasteiger partial charge in [-0.1, -0.05) is 62.4 Å². The number of hydrogen-bond acceptors (Lipinski definition) is 15. The zero-order valence-electron chi connectivity index (χ0n) is 52.6. The molecule has 0 unspecified atom stereocenters. The molecular formula is C64H82N18O13. The molecule has 11 amide bonds. The molecular weight excluding hydrogens is 1230 g/mol. The second kappa shape index (κ2) is 33.1. The van der Waals surface area contributed by atoms with Gasteiger partial charge in [-0.2, -0.15) is 0 Å². The van der Waals surface area contributed by atoms with Gasteiger partial charge in [0.2, 0.25) is 65.0 Å². The summed E-state index contributed by atoms with van der Waals surface area (Å²) in [4.78, 5) is 172. The highest BCUT2D eigenvalue weighted by Crippen LogP contribution is 2.24. The average Bonchev–Trinajstić information content (AvgIpc) is 1.81. The second-order valence-electron chi connectivity index (χ2n) is 24.0. The number of likely N-dealkylation sites (tertiary alicyclic amines) is 1. The largest absolute Gasteiger partial charge is 0.508 e. The molecule has 506 valence electrons. The van der Waals surface area contributed by atoms with E-state index in [2.05, 4.69) is 72.8 Å². The number of carbonyl (C=O) groups is 11. The number of aromatic hydroxyl groups is 1. The van der Waals surface area contributed by atoms with Crippen molar-refractivity contribution in [1.82, 2.24) is 72.7 Å². The molecule has 0 bridgehead atoms. The molecule has 3 aromatic carbocycles. The third-order valence-electron chi connectivity index (χ3n) is 16.4. The number of nitrogens with two attached hydrogens (primary N) is 3. The van der Waals surface area contributed by atoms with Crippen molar-refractivity contribution in [3.05, 3.63) is 120 Å². The van der Waals surface area contributed by atoms with Crippen LogP contribution in [0, 0.1) is 5.92 Å². The van der Waals surface area contributed by atoms with E-state index in [1.54, 1.807) is 74.8 Å². The van der Waals surface area contributed by atoms with Crippen molar-refractivity contribution in [3.63, 3.8) is 0 Å². The lowest BCUT2D eigenvalue weighted by molar-refractivity contribution is -0.142. The van der Waals surface area contributed by atoms with Crippen LogP contribution >= 0.6 is 0 Å². The smallest absolute Gasteiger partial charge is 0.245 e. The van der Waals surface area contributed by atoms with E-state index in [9.17, 15) is 53.4 Å². The van der Waals surface area contributed by atoms with E-state index < -0.39 is 127 Å². The number of nitrogens with zero attached hydrogens (tertiary/aromatic N) is 3. The molecule has 0 spiro atoms. The highest BCUT2D eigenvalue weighted by molar-refractivity contribution is 6.00. The van der Waals surface area contributed by atoms with E-state index in [1.807, 2.05) is 0 Å². The van der Waals surface area contributed by atoms with E-state index in [4.69, 9.17) is 17.2 Å². The molecule has 3 aromatic heterocycles. The monoisotopic (exact) mass is 1310 g/mol. The normalized spacial score (nSPS) is 16.6. The number of para-hydroxylation sites is 2. The second-order valence-corrected chi connectivity index (χ2v) is 24.0. The number of phenolic OH excluding ortho intramolecular Hbond substituents is 1. The molecule has 9 atom stereocenters. The van der Waals surface area contributed by atoms with Gasteiger partial charge >= 0.3 is 0 Å². The van der Waals surface area contributed by atoms with Gasteiger partial charge in [0.05, 0.1) is 19.5 Å². The van der Waals surface area contributed by atoms with Crippen molar-refractivity contribution in [2.45, 2.75) is 139 Å². The van der Waals surface area contributed by atoms with Gasteiger partial charge in [-0.15, -0.1) is 0 Å². The maximum absolute atomic E-state index is 15.1. The molecule has 31 heteroatoms. The van der Waals surface area contributed by atoms with Crippen LogP contribution in [0.25, 0.3) is 21.8 Å². The fourth-order valence-corrected chi connectivity index (χ4v) is 11.5. The Morgan fingerprint density at radius 2 is 1.18 bits per heavy atom. The number of aliphatic imine (C=N–C) groups is 1. The van der Waals surface area contributed by atoms with Crippen LogP contribution in [-0.4, -0.2) is 187 Å². The Morgan fingerprint density at radius 3 is 1.72 bits per heavy atom. The zero-order chi connectivity index (χ0) is 68.3. The Hall–Kier alpha value is -10.8. The van der Waals surface area contributed by atoms with Crippen LogP contribution in [0.1, 0.15) is 81.2 Å². The SMILES string of the molecule is CC(C)C[C@H](NC(=O)[C@@H](Cc1c[nH]c2ccccc12)NC(=O)[C@H](Cc1ccc(O)cc1)NC(=O)[C@@H](CO)NC(=O)[C@H](Cc1c[nH]c2ccccc12)NC(=O)[C@H](Cc1cnc[nH]1)NC(=O)[C@@H]1CCC(=O)N1)C(=O)N[C@@H](CCCN=C(N)N)C(=O)N1CCC[C@H]1C(=O)NCC(N)=O. The Labute approximate surface area is 545 Å². The van der Waals surface area contributed by atoms with Crippen LogP contribution < -0.4 is 65.1 Å². The molecule has 20 N–H and O–H groups in total. The molecule has 2 aliphatic rings. The lowest BCUT2D eigenvalue weighted by atomic mass is 9.99. The summed E-state index contributed by atoms with van der Waals surface area (Å²) in [6.07, 6.45) is 6.51. The van der Waals surface area contributed by atoms with Gasteiger partial charge < -0.3 is 95.1 Å². The van der Waals surface area contributed by atoms with E-state index in [-0.39, 0.29) is 101 Å². The van der Waals surface area contributed by atoms with E-state index >= 15 is 9.59 Å². The van der Waals surface area contributed by atoms with Crippen LogP contribution in [0.5, 0.6) is 5.75 Å². The minimum Gasteiger partial charge on any atom is -0.508 e. The molecule has 0 aliphatic carbocycles. The van der Waals surface area contributed by atoms with Crippen molar-refractivity contribution in [2.24, 2.45) is 28.1 Å². The van der Waals surface area contributed by atoms with Crippen LogP contribution in [0.3, 0.4) is 0 Å². The number of rotatable bonds is 33. The predicted octanol–water partition coefficient (Wildman–Crippen LogP) is -2.29. The fourth-order valence-electron chi connectivity index (χ4n) is 11.5. The number of fused-ring (bicyclic) bond motifs is 2. The summed E-state index contributed by atoms with van der Waals surface area (Å²) in [5, 5.41) is 46.5. The molecule has 5 heterocycles. The molecule has 95 heavy (non-hydrogen) atoms. The number of aliphatic hydroxyl groups is 1. The van der Waals surface area contributed by atoms with Crippen molar-refractivity contribution < 1.29 is 63.0 Å². The number of aliphatic hydroxyl groups excluding tert-OH is 1. The maximum atomic E-state index is 15.1. The van der Waals surface area contributed by atoms with Gasteiger partial charge in [0.1, 0.15) is 60.1 Å². The zero-order valence-corrected chi connectivity index (χ0v) is 52.6. The highest BCUT2D eigenvalue weighted by atomic mass is 16.3. The van der Waals surface area contributed by atoms with Gasteiger partial charge in [-0.25, -0.2) is 4.98 Å². The van der Waals surface area contributed by atoms with E-state index in [0.717, 1.165) is 0 Å². The number of primary amides is 1. The average molecular weight is 1310 g/mol. The molecule has 2 fully saturated rings. The number of carbonyl (C=O) groups excluding carboxylic acids is 11. The number of phenols is 1. The van der Waals surface area contributed by atoms with Gasteiger partial charge in [-0.05, 0) is 85.4 Å². The van der Waals surface area contributed by atoms with Crippen LogP contribution in [0.2, 0.25) is 0 Å². The van der Waals surface area contributed by atoms with Gasteiger partial charge in [0.25, 0.3) is 0 Å². The highest BCUT2D eigenvalue weighted by Gasteiger charge is 2.40. The van der Waals surface area contributed by atoms with Gasteiger partial charge in [-0.3, -0.25) is 57.7 Å². The predicted molar refractivity (Wildman–Crippen MR) is 346 cm³/mol. The molecule has 6 aromatic rings. The lowest BCUT2D eigenvalue weighted by Crippen LogP contribution is -2.61. The third kappa shape index (κ3) is 19.6. The number of H-pyrrole nitrogens is 3. The number of guanidine groups is 1. The quantitative estimate of drug-likeness (QED) is 0.0117. The summed E-state index contributed by atoms with van der Waals surface area (Å²) in [7, 11) is 0. The Kier molecular flexibility index (Phi) is 24.4. The molecule has 0 saturated carbocycles. The molecule has 31 nitrogen and oxygen atoms in total. The summed E-state index contributed by atoms with van der Waals surface area (Å²) >= 11 is 0. The number of imidazole rings is 1. The standard InChI is InChI=1S/C64H82N18O13/c1-34(2)23-46(56(88)75-45(13-7-21-69-64(66)67)63(95)82-22-8-14-52(82)62(94)72-31-53(65)85)76-58(90)48(25-36-28-70-42-11-5-3-9-40(36)42)78-57(89)47(24-35-15-17-39(84)18-16-35)77-61(93)51(32-83)81-59(91)49(26-37-29-71-43-12-6-4-10-41(37)43)79-60(92)50(27-38-30-68-33-73-38)80-55(87)44-19-20-54(86)74-44/h3-6,9-12,15-18,28-30,33-34,44-52,70-71,83-84H,7-8,13-14,19-27,31-32H2,1-2H3,(H2,65,85)(H,68,73)(H,72,94)(H,74,86)(H,75,88)(H,76,90)(H,77,93)(H,78,89)(H,79,92)(H,80,87)(H,81,91)(H4,66,67,69)/t44-,45-,46-,47-,48+,49-,50-,51+,52-/m0/s1. The topological polar surface area (TPSA) is 490 Å². The Morgan fingerprint density at radius 1 is 0.642 bits per heavy atom. The first-order valence-corrected chi connectivity index (χ1v) is 31.3.